The number of aromatic nitrogens is 4. The number of cyclic esters (lactones) is 1. The van der Waals surface area contributed by atoms with Crippen LogP contribution in [0.15, 0.2) is 64.8 Å². The van der Waals surface area contributed by atoms with E-state index < -0.39 is 41.3 Å². The fraction of sp³-hybridized carbons (Fsp3) is 0.436. The van der Waals surface area contributed by atoms with Crippen molar-refractivity contribution in [3.63, 3.8) is 0 Å². The van der Waals surface area contributed by atoms with Crippen molar-refractivity contribution < 1.29 is 52.8 Å². The van der Waals surface area contributed by atoms with E-state index in [1.165, 1.54) is 11.8 Å². The van der Waals surface area contributed by atoms with E-state index >= 15 is 0 Å². The van der Waals surface area contributed by atoms with Crippen molar-refractivity contribution >= 4 is 58.3 Å². The van der Waals surface area contributed by atoms with Crippen LogP contribution in [0.2, 0.25) is 0 Å². The Balaban J connectivity index is 0.891. The van der Waals surface area contributed by atoms with Gasteiger partial charge in [-0.3, -0.25) is 14.4 Å². The molecule has 0 bridgehead atoms. The molecule has 0 aliphatic carbocycles. The maximum Gasteiger partial charge on any atom is 0.410 e. The van der Waals surface area contributed by atoms with Gasteiger partial charge < -0.3 is 54.2 Å². The molecule has 2 aromatic carbocycles. The number of carbonyl (C=O) groups excluding carboxylic acids is 5. The number of carbonyl (C=O) groups is 5. The summed E-state index contributed by atoms with van der Waals surface area (Å²) in [5, 5.41) is 21.3. The number of benzene rings is 2. The lowest BCUT2D eigenvalue weighted by atomic mass is 9.86. The Hall–Kier alpha value is -7.70. The highest BCUT2D eigenvalue weighted by Gasteiger charge is 2.45. The van der Waals surface area contributed by atoms with Crippen LogP contribution in [0.25, 0.3) is 22.3 Å². The van der Waals surface area contributed by atoms with Crippen molar-refractivity contribution in [2.24, 2.45) is 0 Å². The largest absolute Gasteiger partial charge is 0.458 e. The summed E-state index contributed by atoms with van der Waals surface area (Å²) in [6.07, 6.45) is 6.94. The molecule has 21 heteroatoms. The van der Waals surface area contributed by atoms with E-state index in [-0.39, 0.29) is 68.5 Å². The summed E-state index contributed by atoms with van der Waals surface area (Å²) in [5.74, 6) is 5.59. The molecule has 0 spiro atoms. The Morgan fingerprint density at radius 3 is 2.45 bits per heavy atom. The van der Waals surface area contributed by atoms with Crippen molar-refractivity contribution in [1.29, 1.82) is 0 Å². The van der Waals surface area contributed by atoms with Gasteiger partial charge in [-0.05, 0) is 108 Å². The van der Waals surface area contributed by atoms with Crippen LogP contribution in [0.3, 0.4) is 0 Å². The Labute approximate surface area is 444 Å². The molecule has 0 saturated carbocycles. The number of nitrogens with zero attached hydrogens (tertiary/aromatic N) is 5. The number of thioether (sulfide) groups is 1. The molecule has 8 rings (SSSR count). The number of hydrogen-bond acceptors (Lipinski definition) is 16. The number of likely N-dealkylation sites (N-methyl/N-ethyl adjacent to an activating group) is 1. The molecule has 0 saturated heterocycles. The molecule has 20 nitrogen and oxygen atoms in total. The zero-order valence-electron chi connectivity index (χ0n) is 43.5. The Bertz CT molecular complexity index is 3150. The Kier molecular flexibility index (Phi) is 17.1. The smallest absolute Gasteiger partial charge is 0.410 e. The molecule has 5 aromatic rings. The number of amides is 4. The quantitative estimate of drug-likeness (QED) is 0.0161. The highest BCUT2D eigenvalue weighted by Crippen LogP contribution is 2.43. The number of ether oxygens (including phenoxy) is 5. The number of unbranched alkanes of at least 4 members (excludes halogenated alkanes) is 2. The monoisotopic (exact) mass is 1060 g/mol. The van der Waals surface area contributed by atoms with E-state index in [0.717, 1.165) is 16.5 Å². The number of esters is 1. The Morgan fingerprint density at radius 2 is 1.74 bits per heavy atom. The molecule has 0 fully saturated rings. The summed E-state index contributed by atoms with van der Waals surface area (Å²) < 4.78 is 29.4. The lowest BCUT2D eigenvalue weighted by Crippen LogP contribution is -2.44. The van der Waals surface area contributed by atoms with Gasteiger partial charge in [-0.25, -0.2) is 29.3 Å². The van der Waals surface area contributed by atoms with E-state index in [2.05, 4.69) is 37.8 Å². The standard InChI is InChI=1S/C55H62N8O12S/c1-7-55(70)40-25-43-47-38(29-63(43)49(66)39(40)31-71-50(55)67)36(37-24-44-45(74-32-73-44)26-42(37)61-47)21-23-62(8-2)53(69)72-30-33-17-19-35(20-18-33)59-48(65)41(15-12-13-22-56-52(68)75-54(3,4)5)60-46(64)16-11-9-10-14-34-27-57-51(76-6)58-28-34/h17-20,24-28,41,70H,7-9,11-13,15-16,21-23,29-32H2,1-6H3,(H,56,68)(H,59,65)(H,60,64)/t41-,55-/m0/s1. The normalized spacial score (nSPS) is 15.3. The van der Waals surface area contributed by atoms with Gasteiger partial charge in [-0.2, -0.15) is 0 Å². The lowest BCUT2D eigenvalue weighted by molar-refractivity contribution is -0.172. The van der Waals surface area contributed by atoms with E-state index in [9.17, 15) is 33.9 Å². The van der Waals surface area contributed by atoms with E-state index in [1.807, 2.05) is 19.2 Å². The number of pyridine rings is 2. The maximum atomic E-state index is 14.0. The van der Waals surface area contributed by atoms with E-state index in [1.54, 1.807) is 86.0 Å². The zero-order chi connectivity index (χ0) is 54.1. The molecule has 3 aliphatic rings. The van der Waals surface area contributed by atoms with Crippen LogP contribution in [0, 0.1) is 11.8 Å². The summed E-state index contributed by atoms with van der Waals surface area (Å²) >= 11 is 1.44. The van der Waals surface area contributed by atoms with Gasteiger partial charge in [0, 0.05) is 73.1 Å². The lowest BCUT2D eigenvalue weighted by Gasteiger charge is -2.31. The summed E-state index contributed by atoms with van der Waals surface area (Å²) in [6, 6.07) is 11.3. The number of anilines is 1. The van der Waals surface area contributed by atoms with Gasteiger partial charge in [0.1, 0.15) is 24.9 Å². The van der Waals surface area contributed by atoms with Crippen LogP contribution >= 0.6 is 11.8 Å². The van der Waals surface area contributed by atoms with Crippen molar-refractivity contribution in [3.05, 3.63) is 98.6 Å². The van der Waals surface area contributed by atoms with Crippen LogP contribution in [0.4, 0.5) is 15.3 Å². The predicted octanol–water partition coefficient (Wildman–Crippen LogP) is 6.86. The minimum atomic E-state index is -1.98. The second kappa shape index (κ2) is 23.9. The van der Waals surface area contributed by atoms with Gasteiger partial charge in [0.15, 0.2) is 22.3 Å². The second-order valence-electron chi connectivity index (χ2n) is 19.5. The van der Waals surface area contributed by atoms with Crippen LogP contribution in [0.5, 0.6) is 11.5 Å². The van der Waals surface area contributed by atoms with Crippen molar-refractivity contribution in [2.45, 2.75) is 128 Å². The first kappa shape index (κ1) is 54.6. The molecule has 0 unspecified atom stereocenters. The van der Waals surface area contributed by atoms with Gasteiger partial charge in [-0.1, -0.05) is 42.7 Å². The average Bonchev–Trinajstić information content (AvgIpc) is 4.03. The van der Waals surface area contributed by atoms with Crippen molar-refractivity contribution in [3.8, 4) is 34.7 Å². The van der Waals surface area contributed by atoms with Crippen molar-refractivity contribution in [2.75, 3.05) is 38.0 Å². The van der Waals surface area contributed by atoms with Crippen LogP contribution in [-0.2, 0) is 60.4 Å². The van der Waals surface area contributed by atoms with Crippen molar-refractivity contribution in [1.82, 2.24) is 35.1 Å². The van der Waals surface area contributed by atoms with Gasteiger partial charge in [-0.15, -0.1) is 0 Å². The summed E-state index contributed by atoms with van der Waals surface area (Å²) in [6.45, 7) is 9.64. The number of fused-ring (bicyclic) bond motifs is 6. The highest BCUT2D eigenvalue weighted by atomic mass is 32.2. The SMILES string of the molecule is CCN(CCc1c2c(nc3cc4c(cc13)OCO4)-c1cc3c(c(=O)n1C2)COC(=O)[C@]3(O)CC)C(=O)OCc1ccc(NC(=O)[C@H](CCCCNC(=O)OC(C)(C)C)NC(=O)CCCC#Cc2cnc(SC)nc2)cc1. The molecule has 3 aromatic heterocycles. The number of aliphatic hydroxyl groups is 1. The first-order chi connectivity index (χ1) is 36.5. The van der Waals surface area contributed by atoms with Gasteiger partial charge >= 0.3 is 18.2 Å². The minimum absolute atomic E-state index is 0.0104. The molecule has 4 amide bonds. The number of alkyl carbamates (subject to hydrolysis) is 1. The molecule has 4 N–H and O–H groups in total. The zero-order valence-corrected chi connectivity index (χ0v) is 44.3. The third kappa shape index (κ3) is 12.7. The summed E-state index contributed by atoms with van der Waals surface area (Å²) in [4.78, 5) is 94.5. The molecule has 2 atom stereocenters. The summed E-state index contributed by atoms with van der Waals surface area (Å²) in [7, 11) is 0. The first-order valence-electron chi connectivity index (χ1n) is 25.3. The third-order valence-corrected chi connectivity index (χ3v) is 13.7. The third-order valence-electron chi connectivity index (χ3n) is 13.1. The topological polar surface area (TPSA) is 252 Å². The second-order valence-corrected chi connectivity index (χ2v) is 20.2. The fourth-order valence-corrected chi connectivity index (χ4v) is 9.43. The van der Waals surface area contributed by atoms with Crippen LogP contribution < -0.4 is 31.0 Å². The number of nitrogens with one attached hydrogen (secondary N) is 3. The van der Waals surface area contributed by atoms with Crippen LogP contribution in [0.1, 0.15) is 113 Å². The number of rotatable bonds is 19. The molecular weight excluding hydrogens is 997 g/mol. The number of hydrogen-bond donors (Lipinski definition) is 4. The van der Waals surface area contributed by atoms with Crippen LogP contribution in [-0.4, -0.2) is 104 Å². The minimum Gasteiger partial charge on any atom is -0.458 e. The molecule has 3 aliphatic heterocycles. The highest BCUT2D eigenvalue weighted by molar-refractivity contribution is 7.98. The summed E-state index contributed by atoms with van der Waals surface area (Å²) in [5.41, 5.74) is 2.39. The maximum absolute atomic E-state index is 14.0. The molecular formula is C55H62N8O12S. The van der Waals surface area contributed by atoms with Gasteiger partial charge in [0.05, 0.1) is 34.6 Å². The van der Waals surface area contributed by atoms with E-state index in [0.29, 0.717) is 102 Å². The average molecular weight is 1060 g/mol. The first-order valence-corrected chi connectivity index (χ1v) is 26.6. The van der Waals surface area contributed by atoms with Gasteiger partial charge in [0.25, 0.3) is 5.56 Å². The fourth-order valence-electron chi connectivity index (χ4n) is 9.11. The Morgan fingerprint density at radius 1 is 0.987 bits per heavy atom. The van der Waals surface area contributed by atoms with Gasteiger partial charge in [0.2, 0.25) is 18.6 Å². The predicted molar refractivity (Wildman–Crippen MR) is 281 cm³/mol. The molecule has 400 valence electrons. The molecule has 6 heterocycles. The van der Waals surface area contributed by atoms with E-state index in [4.69, 9.17) is 28.7 Å². The molecule has 0 radical (unpaired) electrons. The molecule has 76 heavy (non-hydrogen) atoms.